The van der Waals surface area contributed by atoms with Crippen LogP contribution < -0.4 is 19.6 Å². The molecule has 0 fully saturated rings. The lowest BCUT2D eigenvalue weighted by atomic mass is 9.93. The number of carbonyl (C=O) groups is 1. The third-order valence-electron chi connectivity index (χ3n) is 7.78. The molecule has 1 aliphatic heterocycles. The van der Waals surface area contributed by atoms with Gasteiger partial charge < -0.3 is 14.0 Å². The number of carbonyl (C=O) groups excluding carboxylic acids is 1. The van der Waals surface area contributed by atoms with E-state index in [0.717, 1.165) is 22.9 Å². The Morgan fingerprint density at radius 1 is 1.11 bits per heavy atom. The normalized spacial score (nSPS) is 14.9. The third-order valence-corrected chi connectivity index (χ3v) is 9.00. The Morgan fingerprint density at radius 2 is 1.89 bits per heavy atom. The van der Waals surface area contributed by atoms with Crippen molar-refractivity contribution in [2.45, 2.75) is 39.3 Å². The molecule has 230 valence electrons. The summed E-state index contributed by atoms with van der Waals surface area (Å²) in [6, 6.07) is 18.8. The minimum atomic E-state index is -0.861. The molecule has 0 spiro atoms. The van der Waals surface area contributed by atoms with Crippen LogP contribution in [-0.4, -0.2) is 28.8 Å². The summed E-state index contributed by atoms with van der Waals surface area (Å²) < 4.78 is 29.7. The second-order valence-electron chi connectivity index (χ2n) is 10.6. The molecule has 0 saturated heterocycles. The summed E-state index contributed by atoms with van der Waals surface area (Å²) in [6.07, 6.45) is 5.02. The van der Waals surface area contributed by atoms with E-state index in [1.165, 1.54) is 29.1 Å². The van der Waals surface area contributed by atoms with Gasteiger partial charge in [0.05, 0.1) is 36.1 Å². The van der Waals surface area contributed by atoms with Crippen LogP contribution in [0.1, 0.15) is 49.4 Å². The summed E-state index contributed by atoms with van der Waals surface area (Å²) in [6.45, 7) is 4.25. The molecule has 0 N–H and O–H groups in total. The van der Waals surface area contributed by atoms with E-state index in [2.05, 4.69) is 0 Å². The van der Waals surface area contributed by atoms with Crippen LogP contribution in [0.4, 0.5) is 4.39 Å². The molecule has 6 rings (SSSR count). The Kier molecular flexibility index (Phi) is 8.74. The summed E-state index contributed by atoms with van der Waals surface area (Å²) in [5, 5.41) is 1.36. The molecule has 0 radical (unpaired) electrons. The number of para-hydroxylation sites is 1. The molecule has 10 heteroatoms. The van der Waals surface area contributed by atoms with E-state index >= 15 is 0 Å². The highest BCUT2D eigenvalue weighted by atomic mass is 35.5. The molecule has 0 saturated carbocycles. The molecular weight excluding hydrogens is 613 g/mol. The van der Waals surface area contributed by atoms with Gasteiger partial charge in [0.25, 0.3) is 5.56 Å². The highest BCUT2D eigenvalue weighted by Gasteiger charge is 2.36. The van der Waals surface area contributed by atoms with E-state index < -0.39 is 12.0 Å². The van der Waals surface area contributed by atoms with Gasteiger partial charge in [-0.3, -0.25) is 9.36 Å². The van der Waals surface area contributed by atoms with Crippen LogP contribution in [0.15, 0.2) is 94.0 Å². The van der Waals surface area contributed by atoms with Gasteiger partial charge in [0.2, 0.25) is 0 Å². The lowest BCUT2D eigenvalue weighted by molar-refractivity contribution is -0.139. The fraction of sp³-hybridized carbons (Fsp3) is 0.229. The minimum absolute atomic E-state index is 0.169. The Bertz CT molecular complexity index is 2150. The smallest absolute Gasteiger partial charge is 0.338 e. The SMILES string of the molecule is CCCC1=C(C(=O)OCC)[C@@H](c2cc(Cl)ccc2OC)n2c(s/c(=C/c3cn(Cc4ccccc4F)c4ccccc34)c2=O)=N1. The van der Waals surface area contributed by atoms with E-state index in [1.54, 1.807) is 37.3 Å². The fourth-order valence-electron chi connectivity index (χ4n) is 5.81. The zero-order valence-electron chi connectivity index (χ0n) is 25.1. The highest BCUT2D eigenvalue weighted by molar-refractivity contribution is 7.07. The van der Waals surface area contributed by atoms with E-state index in [4.69, 9.17) is 26.1 Å². The van der Waals surface area contributed by atoms with Crippen LogP contribution in [0.25, 0.3) is 17.0 Å². The zero-order chi connectivity index (χ0) is 31.7. The summed E-state index contributed by atoms with van der Waals surface area (Å²) in [4.78, 5) is 33.2. The number of hydrogen-bond donors (Lipinski definition) is 0. The van der Waals surface area contributed by atoms with Crippen LogP contribution in [0.3, 0.4) is 0 Å². The van der Waals surface area contributed by atoms with Gasteiger partial charge in [-0.05, 0) is 49.8 Å². The van der Waals surface area contributed by atoms with Crippen molar-refractivity contribution in [3.8, 4) is 5.75 Å². The number of aromatic nitrogens is 2. The van der Waals surface area contributed by atoms with Gasteiger partial charge in [-0.25, -0.2) is 14.2 Å². The van der Waals surface area contributed by atoms with Gasteiger partial charge in [0.15, 0.2) is 4.80 Å². The first-order valence-corrected chi connectivity index (χ1v) is 15.9. The summed E-state index contributed by atoms with van der Waals surface area (Å²) in [5.41, 5.74) is 3.39. The molecule has 0 amide bonds. The third kappa shape index (κ3) is 5.74. The minimum Gasteiger partial charge on any atom is -0.496 e. The molecule has 45 heavy (non-hydrogen) atoms. The van der Waals surface area contributed by atoms with Crippen LogP contribution in [-0.2, 0) is 16.1 Å². The van der Waals surface area contributed by atoms with E-state index in [1.807, 2.05) is 54.1 Å². The first-order chi connectivity index (χ1) is 21.8. The van der Waals surface area contributed by atoms with Crippen molar-refractivity contribution >= 4 is 45.9 Å². The number of nitrogens with zero attached hydrogens (tertiary/aromatic N) is 3. The Balaban J connectivity index is 1.58. The molecule has 0 aliphatic carbocycles. The van der Waals surface area contributed by atoms with Crippen molar-refractivity contribution in [1.29, 1.82) is 0 Å². The second-order valence-corrected chi connectivity index (χ2v) is 12.1. The molecule has 1 atom stereocenters. The first-order valence-electron chi connectivity index (χ1n) is 14.7. The molecule has 3 aromatic carbocycles. The monoisotopic (exact) mass is 643 g/mol. The van der Waals surface area contributed by atoms with Gasteiger partial charge in [-0.1, -0.05) is 72.7 Å². The maximum absolute atomic E-state index is 14.6. The van der Waals surface area contributed by atoms with Crippen molar-refractivity contribution in [2.24, 2.45) is 4.99 Å². The summed E-state index contributed by atoms with van der Waals surface area (Å²) >= 11 is 7.71. The molecule has 3 heterocycles. The number of esters is 1. The lowest BCUT2D eigenvalue weighted by Crippen LogP contribution is -2.40. The maximum atomic E-state index is 14.6. The number of fused-ring (bicyclic) bond motifs is 2. The average Bonchev–Trinajstić information content (AvgIpc) is 3.54. The number of halogens is 2. The molecule has 7 nitrogen and oxygen atoms in total. The van der Waals surface area contributed by atoms with Crippen LogP contribution in [0.5, 0.6) is 5.75 Å². The predicted octanol–water partition coefficient (Wildman–Crippen LogP) is 6.38. The predicted molar refractivity (Wildman–Crippen MR) is 175 cm³/mol. The number of thiazole rings is 1. The largest absolute Gasteiger partial charge is 0.496 e. The van der Waals surface area contributed by atoms with Gasteiger partial charge in [-0.15, -0.1) is 0 Å². The van der Waals surface area contributed by atoms with Crippen LogP contribution in [0.2, 0.25) is 5.02 Å². The zero-order valence-corrected chi connectivity index (χ0v) is 26.6. The van der Waals surface area contributed by atoms with Gasteiger partial charge >= 0.3 is 5.97 Å². The lowest BCUT2D eigenvalue weighted by Gasteiger charge is -2.27. The topological polar surface area (TPSA) is 74.8 Å². The number of methoxy groups -OCH3 is 1. The Morgan fingerprint density at radius 3 is 2.64 bits per heavy atom. The number of rotatable bonds is 9. The number of hydrogen-bond acceptors (Lipinski definition) is 6. The van der Waals surface area contributed by atoms with Crippen molar-refractivity contribution in [1.82, 2.24) is 9.13 Å². The summed E-state index contributed by atoms with van der Waals surface area (Å²) in [7, 11) is 1.54. The molecular formula is C35H31ClFN3O4S. The molecule has 0 unspecified atom stereocenters. The number of ether oxygens (including phenoxy) is 2. The van der Waals surface area contributed by atoms with Gasteiger partial charge in [-0.2, -0.15) is 0 Å². The second kappa shape index (κ2) is 12.9. The fourth-order valence-corrected chi connectivity index (χ4v) is 7.00. The molecule has 1 aliphatic rings. The Labute approximate surface area is 268 Å². The summed E-state index contributed by atoms with van der Waals surface area (Å²) in [5.74, 6) is -0.334. The Hall–Kier alpha value is -4.47. The average molecular weight is 644 g/mol. The maximum Gasteiger partial charge on any atom is 0.338 e. The van der Waals surface area contributed by atoms with Crippen molar-refractivity contribution in [3.05, 3.63) is 131 Å². The quantitative estimate of drug-likeness (QED) is 0.175. The van der Waals surface area contributed by atoms with Crippen molar-refractivity contribution in [2.75, 3.05) is 13.7 Å². The van der Waals surface area contributed by atoms with Crippen molar-refractivity contribution < 1.29 is 18.7 Å². The van der Waals surface area contributed by atoms with Gasteiger partial charge in [0.1, 0.15) is 17.6 Å². The van der Waals surface area contributed by atoms with Crippen molar-refractivity contribution in [3.63, 3.8) is 0 Å². The highest BCUT2D eigenvalue weighted by Crippen LogP contribution is 2.38. The first kappa shape index (κ1) is 30.6. The van der Waals surface area contributed by atoms with E-state index in [0.29, 0.717) is 55.5 Å². The van der Waals surface area contributed by atoms with E-state index in [9.17, 15) is 14.0 Å². The standard InChI is InChI=1S/C35H31ClFN3O4S/c1-4-10-27-31(34(42)44-5-2)32(25-18-23(36)15-16-29(25)43-3)40-33(41)30(45-35(40)38-27)17-22-20-39(28-14-9-7-12-24(22)28)19-21-11-6-8-13-26(21)37/h6-9,11-18,20,32H,4-5,10,19H2,1-3H3/b30-17+/t32-/m1/s1. The molecule has 2 aromatic heterocycles. The number of benzene rings is 3. The molecule has 5 aromatic rings. The van der Waals surface area contributed by atoms with E-state index in [-0.39, 0.29) is 18.0 Å². The van der Waals surface area contributed by atoms with Crippen LogP contribution >= 0.6 is 22.9 Å². The molecule has 0 bridgehead atoms. The van der Waals surface area contributed by atoms with Crippen LogP contribution in [0, 0.1) is 5.82 Å². The number of allylic oxidation sites excluding steroid dienone is 1. The van der Waals surface area contributed by atoms with Gasteiger partial charge in [0, 0.05) is 38.8 Å².